The third-order valence-corrected chi connectivity index (χ3v) is 0. The molecular weight excluding hydrogens is 497 g/mol. The minimum atomic E-state index is -3.13. The molecule has 78 valence electrons. The third kappa shape index (κ3) is 210. The Morgan fingerprint density at radius 2 is 0.304 bits per heavy atom. The van der Waals surface area contributed by atoms with Gasteiger partial charge in [0.1, 0.15) is 0 Å². The van der Waals surface area contributed by atoms with Crippen LogP contribution in [0.4, 0.5) is 0 Å². The second-order valence-corrected chi connectivity index (χ2v) is 1.70. The van der Waals surface area contributed by atoms with Crippen LogP contribution in [0.3, 0.4) is 0 Å². The Kier molecular flexibility index (Phi) is 570. The molecule has 23 heteroatoms. The van der Waals surface area contributed by atoms with Crippen LogP contribution < -0.4 is 0 Å². The molecule has 6 nitrogen and oxygen atoms in total. The summed E-state index contributed by atoms with van der Waals surface area (Å²) in [6.07, 6.45) is 0. The summed E-state index contributed by atoms with van der Waals surface area (Å²) in [5.41, 5.74) is 0. The summed E-state index contributed by atoms with van der Waals surface area (Å²) in [4.78, 5) is 28.6. The van der Waals surface area contributed by atoms with Crippen LogP contribution in [-0.4, -0.2) is 481 Å². The Morgan fingerprint density at radius 3 is 0.304 bits per heavy atom. The molecule has 0 aliphatic carbocycles. The van der Waals surface area contributed by atoms with Crippen molar-refractivity contribution in [3.8, 4) is 0 Å². The van der Waals surface area contributed by atoms with Crippen molar-refractivity contribution in [3.63, 3.8) is 0 Å². The van der Waals surface area contributed by atoms with E-state index in [2.05, 4.69) is 0 Å². The molecule has 0 bridgehead atoms. The average Bonchev–Trinajstić information content (AvgIpc) is 1.25. The third-order valence-electron chi connectivity index (χ3n) is 0. The minimum absolute atomic E-state index is 0. The molecule has 0 spiro atoms. The molecule has 0 heterocycles. The van der Waals surface area contributed by atoms with E-state index in [-0.39, 0.29) is 443 Å². The quantitative estimate of drug-likeness (QED) is 0.238. The summed E-state index contributed by atoms with van der Waals surface area (Å²) in [6.45, 7) is 0. The van der Waals surface area contributed by atoms with Crippen molar-refractivity contribution in [3.05, 3.63) is 0 Å². The second-order valence-electron chi connectivity index (χ2n) is 0.565. The molecule has 0 aromatic heterocycles. The first-order valence-corrected chi connectivity index (χ1v) is 3.91. The zero-order valence-electron chi connectivity index (χ0n) is 3.61. The fourth-order valence-electron chi connectivity index (χ4n) is 0. The van der Waals surface area contributed by atoms with E-state index in [4.69, 9.17) is 28.1 Å². The summed E-state index contributed by atoms with van der Waals surface area (Å²) in [5.74, 6) is 0. The molecule has 0 atom stereocenters. The molecule has 0 unspecified atom stereocenters. The van der Waals surface area contributed by atoms with Crippen LogP contribution in [0.1, 0.15) is 0 Å². The number of hydrogen-bond donors (Lipinski definition) is 4. The van der Waals surface area contributed by atoms with Gasteiger partial charge >= 0.3 is 462 Å². The molecule has 23 heavy (non-hydrogen) atoms. The Morgan fingerprint density at radius 1 is 0.304 bits per heavy atom. The molecule has 0 amide bonds. The Labute approximate surface area is 474 Å². The fraction of sp³-hybridized carbons (Fsp3) is 0. The number of hydrogen-bond acceptors (Lipinski definition) is 2. The Balaban J connectivity index is -0.00000000126. The van der Waals surface area contributed by atoms with Crippen LogP contribution in [0.25, 0.3) is 0 Å². The van der Waals surface area contributed by atoms with E-state index < -0.39 is 18.3 Å². The first kappa shape index (κ1) is 119. The molecule has 0 aromatic carbocycles. The summed E-state index contributed by atoms with van der Waals surface area (Å²) >= 11 is 0. The molecule has 0 saturated heterocycles. The Hall–Kier alpha value is 14.2. The SMILES string of the molecule is O=[Si](O)O.O=[Si](O)O.[NaH].[NaH].[NaH].[NaH].[NaH].[NaH].[NaH].[NaH].[NaH].[NaH].[NaH].[NaH].[NaH].[NaH].[NaH]. The molecule has 0 aliphatic rings. The van der Waals surface area contributed by atoms with E-state index in [1.807, 2.05) is 0 Å². The maximum atomic E-state index is 8.74. The van der Waals surface area contributed by atoms with Gasteiger partial charge in [0.25, 0.3) is 0 Å². The van der Waals surface area contributed by atoms with E-state index >= 15 is 0 Å². The average molecular weight is 516 g/mol. The van der Waals surface area contributed by atoms with Crippen molar-refractivity contribution >= 4 is 462 Å². The van der Waals surface area contributed by atoms with E-state index in [9.17, 15) is 0 Å². The monoisotopic (exact) mass is 516 g/mol. The van der Waals surface area contributed by atoms with Gasteiger partial charge in [-0.25, -0.2) is 0 Å². The fourth-order valence-corrected chi connectivity index (χ4v) is 0. The predicted octanol–water partition coefficient (Wildman–Crippen LogP) is -13.0. The molecular formula is H19Na15O6Si2. The van der Waals surface area contributed by atoms with E-state index in [0.29, 0.717) is 0 Å². The first-order chi connectivity index (χ1) is 3.46. The summed E-state index contributed by atoms with van der Waals surface area (Å²) in [7, 11) is -6.26. The van der Waals surface area contributed by atoms with Gasteiger partial charge in [0.2, 0.25) is 0 Å². The maximum absolute atomic E-state index is 8.74. The van der Waals surface area contributed by atoms with Crippen molar-refractivity contribution < 1.29 is 28.1 Å². The molecule has 0 saturated carbocycles. The first-order valence-electron chi connectivity index (χ1n) is 1.30. The standard InChI is InChI=1S/15Na.2H2O3Si.15H/c;;;;;;;;;;;;;;;2*1-4(2)3;;;;;;;;;;;;;;;/h;;;;;;;;;;;;;;;2*1-2H;;;;;;;;;;;;;;;. The van der Waals surface area contributed by atoms with Crippen molar-refractivity contribution in [1.29, 1.82) is 0 Å². The van der Waals surface area contributed by atoms with Gasteiger partial charge < -0.3 is 19.2 Å². The van der Waals surface area contributed by atoms with Gasteiger partial charge in [-0.3, -0.25) is 8.92 Å². The van der Waals surface area contributed by atoms with Crippen LogP contribution in [0.2, 0.25) is 0 Å². The van der Waals surface area contributed by atoms with Crippen molar-refractivity contribution in [2.45, 2.75) is 0 Å². The summed E-state index contributed by atoms with van der Waals surface area (Å²) in [5, 5.41) is 0. The molecule has 0 rings (SSSR count). The Bertz CT molecular complexity index is 86.0. The van der Waals surface area contributed by atoms with Gasteiger partial charge in [0, 0.05) is 0 Å². The van der Waals surface area contributed by atoms with Gasteiger partial charge in [-0.05, 0) is 0 Å². The number of rotatable bonds is 0. The van der Waals surface area contributed by atoms with Gasteiger partial charge in [-0.1, -0.05) is 0 Å². The molecule has 0 fully saturated rings. The molecule has 0 aromatic rings. The van der Waals surface area contributed by atoms with E-state index in [1.165, 1.54) is 0 Å². The molecule has 0 radical (unpaired) electrons. The normalized spacial score (nSPS) is 2.09. The molecule has 4 N–H and O–H groups in total. The van der Waals surface area contributed by atoms with Gasteiger partial charge in [-0.15, -0.1) is 0 Å². The van der Waals surface area contributed by atoms with Crippen molar-refractivity contribution in [1.82, 2.24) is 0 Å². The summed E-state index contributed by atoms with van der Waals surface area (Å²) < 4.78 is 17.5. The van der Waals surface area contributed by atoms with Crippen LogP contribution >= 0.6 is 0 Å². The van der Waals surface area contributed by atoms with Crippen LogP contribution in [-0.2, 0) is 8.92 Å². The molecule has 0 aliphatic heterocycles. The second kappa shape index (κ2) is 110. The van der Waals surface area contributed by atoms with Crippen molar-refractivity contribution in [2.75, 3.05) is 0 Å². The van der Waals surface area contributed by atoms with Crippen molar-refractivity contribution in [2.24, 2.45) is 0 Å². The van der Waals surface area contributed by atoms with Gasteiger partial charge in [-0.2, -0.15) is 0 Å². The predicted molar refractivity (Wildman–Crippen MR) is 129 cm³/mol. The summed E-state index contributed by atoms with van der Waals surface area (Å²) in [6, 6.07) is 0. The van der Waals surface area contributed by atoms with Crippen LogP contribution in [0, 0.1) is 0 Å². The zero-order valence-corrected chi connectivity index (χ0v) is 5.61. The van der Waals surface area contributed by atoms with E-state index in [1.54, 1.807) is 0 Å². The van der Waals surface area contributed by atoms with Crippen LogP contribution in [0.15, 0.2) is 0 Å². The van der Waals surface area contributed by atoms with Gasteiger partial charge in [0.15, 0.2) is 0 Å². The van der Waals surface area contributed by atoms with E-state index in [0.717, 1.165) is 0 Å². The van der Waals surface area contributed by atoms with Crippen LogP contribution in [0.5, 0.6) is 0 Å². The topological polar surface area (TPSA) is 115 Å². The van der Waals surface area contributed by atoms with Gasteiger partial charge in [0.05, 0.1) is 0 Å². The zero-order chi connectivity index (χ0) is 7.15.